The molecule has 0 aliphatic heterocycles. The van der Waals surface area contributed by atoms with Gasteiger partial charge in [-0.3, -0.25) is 0 Å². The standard InChI is InChI=1S/C13H17NO5S/c1-3-7-14(8-9-15)20(17,18)12-6-4-5-11(10-12)13(16)19-2/h3-6,10,15H,1,7-9H2,2H3. The van der Waals surface area contributed by atoms with Crippen molar-refractivity contribution in [1.82, 2.24) is 4.31 Å². The Balaban J connectivity index is 3.19. The minimum atomic E-state index is -3.80. The molecule has 0 unspecified atom stereocenters. The largest absolute Gasteiger partial charge is 0.465 e. The molecule has 0 radical (unpaired) electrons. The van der Waals surface area contributed by atoms with E-state index in [9.17, 15) is 13.2 Å². The van der Waals surface area contributed by atoms with Crippen LogP contribution in [0.5, 0.6) is 0 Å². The number of carbonyl (C=O) groups is 1. The van der Waals surface area contributed by atoms with E-state index in [1.807, 2.05) is 0 Å². The van der Waals surface area contributed by atoms with Crippen LogP contribution in [0, 0.1) is 0 Å². The Labute approximate surface area is 118 Å². The molecule has 0 saturated heterocycles. The zero-order valence-corrected chi connectivity index (χ0v) is 12.0. The quantitative estimate of drug-likeness (QED) is 0.590. The molecule has 0 amide bonds. The van der Waals surface area contributed by atoms with Crippen LogP contribution in [0.4, 0.5) is 0 Å². The summed E-state index contributed by atoms with van der Waals surface area (Å²) in [7, 11) is -2.57. The predicted octanol–water partition coefficient (Wildman–Crippen LogP) is 0.642. The molecule has 1 rings (SSSR count). The summed E-state index contributed by atoms with van der Waals surface area (Å²) < 4.78 is 30.4. The summed E-state index contributed by atoms with van der Waals surface area (Å²) in [5.41, 5.74) is 0.149. The van der Waals surface area contributed by atoms with Gasteiger partial charge in [0.1, 0.15) is 0 Å². The third-order valence-corrected chi connectivity index (χ3v) is 4.44. The van der Waals surface area contributed by atoms with Gasteiger partial charge in [0.2, 0.25) is 10.0 Å². The maximum atomic E-state index is 12.4. The van der Waals surface area contributed by atoms with Gasteiger partial charge in [0.15, 0.2) is 0 Å². The normalized spacial score (nSPS) is 11.3. The van der Waals surface area contributed by atoms with Crippen molar-refractivity contribution in [2.24, 2.45) is 0 Å². The number of carbonyl (C=O) groups excluding carboxylic acids is 1. The maximum Gasteiger partial charge on any atom is 0.337 e. The first-order valence-corrected chi connectivity index (χ1v) is 7.31. The van der Waals surface area contributed by atoms with Crippen LogP contribution in [0.3, 0.4) is 0 Å². The van der Waals surface area contributed by atoms with Crippen molar-refractivity contribution >= 4 is 16.0 Å². The number of ether oxygens (including phenoxy) is 1. The third kappa shape index (κ3) is 3.66. The summed E-state index contributed by atoms with van der Waals surface area (Å²) in [6, 6.07) is 5.56. The van der Waals surface area contributed by atoms with Gasteiger partial charge in [0, 0.05) is 13.1 Å². The highest BCUT2D eigenvalue weighted by Gasteiger charge is 2.23. The number of aliphatic hydroxyl groups is 1. The molecule has 7 heteroatoms. The second kappa shape index (κ2) is 7.18. The Kier molecular flexibility index (Phi) is 5.87. The predicted molar refractivity (Wildman–Crippen MR) is 73.8 cm³/mol. The van der Waals surface area contributed by atoms with Gasteiger partial charge in [-0.2, -0.15) is 4.31 Å². The molecule has 0 saturated carbocycles. The van der Waals surface area contributed by atoms with Crippen molar-refractivity contribution in [1.29, 1.82) is 0 Å². The summed E-state index contributed by atoms with van der Waals surface area (Å²) in [4.78, 5) is 11.4. The van der Waals surface area contributed by atoms with Crippen molar-refractivity contribution in [2.45, 2.75) is 4.90 Å². The fourth-order valence-corrected chi connectivity index (χ4v) is 3.06. The van der Waals surface area contributed by atoms with E-state index in [0.29, 0.717) is 0 Å². The lowest BCUT2D eigenvalue weighted by atomic mass is 10.2. The van der Waals surface area contributed by atoms with Crippen molar-refractivity contribution in [3.05, 3.63) is 42.5 Å². The zero-order chi connectivity index (χ0) is 15.2. The summed E-state index contributed by atoms with van der Waals surface area (Å²) >= 11 is 0. The summed E-state index contributed by atoms with van der Waals surface area (Å²) in [5.74, 6) is -0.612. The number of hydrogen-bond acceptors (Lipinski definition) is 5. The number of rotatable bonds is 7. The van der Waals surface area contributed by atoms with Gasteiger partial charge in [-0.1, -0.05) is 12.1 Å². The van der Waals surface area contributed by atoms with E-state index in [1.54, 1.807) is 0 Å². The van der Waals surface area contributed by atoms with Crippen LogP contribution in [0.15, 0.2) is 41.8 Å². The molecule has 0 heterocycles. The van der Waals surface area contributed by atoms with E-state index >= 15 is 0 Å². The first-order valence-electron chi connectivity index (χ1n) is 5.87. The van der Waals surface area contributed by atoms with Crippen LogP contribution >= 0.6 is 0 Å². The first-order chi connectivity index (χ1) is 9.47. The second-order valence-electron chi connectivity index (χ2n) is 3.89. The van der Waals surface area contributed by atoms with E-state index in [-0.39, 0.29) is 30.2 Å². The highest BCUT2D eigenvalue weighted by molar-refractivity contribution is 7.89. The van der Waals surface area contributed by atoms with Gasteiger partial charge < -0.3 is 9.84 Å². The first kappa shape index (κ1) is 16.4. The Bertz CT molecular complexity index is 582. The van der Waals surface area contributed by atoms with Gasteiger partial charge in [-0.05, 0) is 18.2 Å². The van der Waals surface area contributed by atoms with Crippen molar-refractivity contribution in [3.8, 4) is 0 Å². The Hall–Kier alpha value is -1.70. The van der Waals surface area contributed by atoms with E-state index in [4.69, 9.17) is 5.11 Å². The Morgan fingerprint density at radius 3 is 2.75 bits per heavy atom. The summed E-state index contributed by atoms with van der Waals surface area (Å²) in [6.45, 7) is 3.22. The van der Waals surface area contributed by atoms with E-state index in [1.165, 1.54) is 37.5 Å². The smallest absolute Gasteiger partial charge is 0.337 e. The molecule has 1 aromatic carbocycles. The number of hydrogen-bond donors (Lipinski definition) is 1. The molecule has 6 nitrogen and oxygen atoms in total. The summed E-state index contributed by atoms with van der Waals surface area (Å²) in [5, 5.41) is 8.94. The molecule has 0 bridgehead atoms. The number of sulfonamides is 1. The van der Waals surface area contributed by atoms with Crippen LogP contribution in [0.1, 0.15) is 10.4 Å². The average Bonchev–Trinajstić information content (AvgIpc) is 2.46. The van der Waals surface area contributed by atoms with Crippen LogP contribution in [-0.2, 0) is 14.8 Å². The fourth-order valence-electron chi connectivity index (χ4n) is 1.62. The number of esters is 1. The number of benzene rings is 1. The van der Waals surface area contributed by atoms with Gasteiger partial charge >= 0.3 is 5.97 Å². The molecule has 0 atom stereocenters. The van der Waals surface area contributed by atoms with E-state index < -0.39 is 16.0 Å². The number of nitrogens with zero attached hydrogens (tertiary/aromatic N) is 1. The third-order valence-electron chi connectivity index (χ3n) is 2.58. The molecule has 0 aliphatic carbocycles. The number of aliphatic hydroxyl groups excluding tert-OH is 1. The minimum Gasteiger partial charge on any atom is -0.465 e. The molecule has 1 aromatic rings. The van der Waals surface area contributed by atoms with Gasteiger partial charge in [0.05, 0.1) is 24.2 Å². The highest BCUT2D eigenvalue weighted by Crippen LogP contribution is 2.17. The monoisotopic (exact) mass is 299 g/mol. The fraction of sp³-hybridized carbons (Fsp3) is 0.308. The molecular weight excluding hydrogens is 282 g/mol. The second-order valence-corrected chi connectivity index (χ2v) is 5.83. The van der Waals surface area contributed by atoms with E-state index in [2.05, 4.69) is 11.3 Å². The van der Waals surface area contributed by atoms with Crippen molar-refractivity contribution in [3.63, 3.8) is 0 Å². The lowest BCUT2D eigenvalue weighted by molar-refractivity contribution is 0.0600. The Morgan fingerprint density at radius 2 is 2.20 bits per heavy atom. The maximum absolute atomic E-state index is 12.4. The molecule has 1 N–H and O–H groups in total. The molecule has 110 valence electrons. The van der Waals surface area contributed by atoms with Crippen LogP contribution in [0.25, 0.3) is 0 Å². The zero-order valence-electron chi connectivity index (χ0n) is 11.2. The van der Waals surface area contributed by atoms with Crippen molar-refractivity contribution in [2.75, 3.05) is 26.8 Å². The SMILES string of the molecule is C=CCN(CCO)S(=O)(=O)c1cccc(C(=O)OC)c1. The van der Waals surface area contributed by atoms with Gasteiger partial charge in [0.25, 0.3) is 0 Å². The van der Waals surface area contributed by atoms with E-state index in [0.717, 1.165) is 4.31 Å². The Morgan fingerprint density at radius 1 is 1.50 bits per heavy atom. The molecule has 0 aliphatic rings. The molecule has 20 heavy (non-hydrogen) atoms. The summed E-state index contributed by atoms with van der Waals surface area (Å²) in [6.07, 6.45) is 1.43. The topological polar surface area (TPSA) is 83.9 Å². The van der Waals surface area contributed by atoms with Gasteiger partial charge in [-0.25, -0.2) is 13.2 Å². The molecule has 0 spiro atoms. The molecule has 0 aromatic heterocycles. The van der Waals surface area contributed by atoms with Crippen molar-refractivity contribution < 1.29 is 23.1 Å². The number of methoxy groups -OCH3 is 1. The van der Waals surface area contributed by atoms with Crippen LogP contribution in [0.2, 0.25) is 0 Å². The van der Waals surface area contributed by atoms with Crippen LogP contribution < -0.4 is 0 Å². The highest BCUT2D eigenvalue weighted by atomic mass is 32.2. The minimum absolute atomic E-state index is 0.0318. The molecule has 0 fully saturated rings. The lowest BCUT2D eigenvalue weighted by Gasteiger charge is -2.19. The van der Waals surface area contributed by atoms with Gasteiger partial charge in [-0.15, -0.1) is 6.58 Å². The van der Waals surface area contributed by atoms with Crippen LogP contribution in [-0.4, -0.2) is 50.6 Å². The lowest BCUT2D eigenvalue weighted by Crippen LogP contribution is -2.33. The average molecular weight is 299 g/mol. The molecular formula is C13H17NO5S.